The summed E-state index contributed by atoms with van der Waals surface area (Å²) in [6.07, 6.45) is 0. The number of benzene rings is 4. The van der Waals surface area contributed by atoms with E-state index in [-0.39, 0.29) is 5.82 Å². The van der Waals surface area contributed by atoms with Crippen LogP contribution in [0.1, 0.15) is 0 Å². The summed E-state index contributed by atoms with van der Waals surface area (Å²) < 4.78 is 16.1. The molecule has 0 nitrogen and oxygen atoms in total. The Bertz CT molecular complexity index is 1180. The van der Waals surface area contributed by atoms with Crippen LogP contribution < -0.4 is 0 Å². The molecule has 0 N–H and O–H groups in total. The zero-order valence-electron chi connectivity index (χ0n) is 11.6. The number of rotatable bonds is 0. The minimum Gasteiger partial charge on any atom is -0.207 e. The lowest BCUT2D eigenvalue weighted by atomic mass is 9.98. The maximum Gasteiger partial charge on any atom is 0.123 e. The molecule has 22 heavy (non-hydrogen) atoms. The summed E-state index contributed by atoms with van der Waals surface area (Å²) in [5, 5.41) is 7.10. The number of hydrogen-bond donors (Lipinski definition) is 0. The molecule has 2 heteroatoms. The first kappa shape index (κ1) is 12.1. The second-order valence-electron chi connectivity index (χ2n) is 5.56. The van der Waals surface area contributed by atoms with Crippen molar-refractivity contribution < 1.29 is 4.39 Å². The molecule has 4 aromatic carbocycles. The van der Waals surface area contributed by atoms with Crippen molar-refractivity contribution in [2.24, 2.45) is 0 Å². The van der Waals surface area contributed by atoms with Gasteiger partial charge in [-0.05, 0) is 45.8 Å². The van der Waals surface area contributed by atoms with Crippen molar-refractivity contribution in [2.75, 3.05) is 0 Å². The van der Waals surface area contributed by atoms with Crippen molar-refractivity contribution in [3.05, 3.63) is 72.5 Å². The van der Waals surface area contributed by atoms with Crippen LogP contribution in [0.2, 0.25) is 0 Å². The van der Waals surface area contributed by atoms with Crippen molar-refractivity contribution in [3.8, 4) is 0 Å². The molecule has 5 aromatic rings. The summed E-state index contributed by atoms with van der Waals surface area (Å²) in [6.45, 7) is 0. The molecule has 0 bridgehead atoms. The van der Waals surface area contributed by atoms with Gasteiger partial charge in [-0.3, -0.25) is 0 Å². The van der Waals surface area contributed by atoms with E-state index >= 15 is 0 Å². The van der Waals surface area contributed by atoms with E-state index in [1.54, 1.807) is 6.07 Å². The zero-order valence-corrected chi connectivity index (χ0v) is 12.5. The molecule has 0 aliphatic rings. The van der Waals surface area contributed by atoms with Gasteiger partial charge in [0.1, 0.15) is 5.82 Å². The highest BCUT2D eigenvalue weighted by atomic mass is 32.1. The molecule has 0 fully saturated rings. The first-order chi connectivity index (χ1) is 10.8. The third kappa shape index (κ3) is 1.56. The average molecular weight is 302 g/mol. The van der Waals surface area contributed by atoms with Gasteiger partial charge < -0.3 is 0 Å². The normalized spacial score (nSPS) is 11.9. The van der Waals surface area contributed by atoms with Gasteiger partial charge in [0, 0.05) is 20.2 Å². The Labute approximate surface area is 130 Å². The van der Waals surface area contributed by atoms with Crippen LogP contribution >= 0.6 is 11.3 Å². The smallest absolute Gasteiger partial charge is 0.123 e. The average Bonchev–Trinajstić information content (AvgIpc) is 2.93. The predicted molar refractivity (Wildman–Crippen MR) is 94.3 cm³/mol. The Balaban J connectivity index is 2.06. The van der Waals surface area contributed by atoms with E-state index in [0.717, 1.165) is 10.8 Å². The third-order valence-corrected chi connectivity index (χ3v) is 5.45. The van der Waals surface area contributed by atoms with Crippen LogP contribution in [0.4, 0.5) is 4.39 Å². The summed E-state index contributed by atoms with van der Waals surface area (Å²) in [7, 11) is 0. The van der Waals surface area contributed by atoms with Crippen molar-refractivity contribution in [1.29, 1.82) is 0 Å². The van der Waals surface area contributed by atoms with Gasteiger partial charge in [0.15, 0.2) is 0 Å². The topological polar surface area (TPSA) is 0 Å². The fourth-order valence-corrected chi connectivity index (χ4v) is 4.46. The number of fused-ring (bicyclic) bond motifs is 7. The lowest BCUT2D eigenvalue weighted by Crippen LogP contribution is -1.80. The summed E-state index contributed by atoms with van der Waals surface area (Å²) in [5.74, 6) is -0.186. The lowest BCUT2D eigenvalue weighted by molar-refractivity contribution is 0.630. The van der Waals surface area contributed by atoms with E-state index < -0.39 is 0 Å². The van der Waals surface area contributed by atoms with Crippen LogP contribution in [0.3, 0.4) is 0 Å². The van der Waals surface area contributed by atoms with E-state index in [1.807, 2.05) is 23.5 Å². The highest BCUT2D eigenvalue weighted by Crippen LogP contribution is 2.40. The highest BCUT2D eigenvalue weighted by molar-refractivity contribution is 7.26. The van der Waals surface area contributed by atoms with Crippen molar-refractivity contribution in [3.63, 3.8) is 0 Å². The minimum atomic E-state index is -0.186. The molecule has 1 heterocycles. The molecule has 0 unspecified atom stereocenters. The molecule has 0 amide bonds. The molecule has 0 radical (unpaired) electrons. The fourth-order valence-electron chi connectivity index (χ4n) is 3.34. The van der Waals surface area contributed by atoms with Crippen LogP contribution in [0.25, 0.3) is 41.7 Å². The first-order valence-electron chi connectivity index (χ1n) is 7.23. The fraction of sp³-hybridized carbons (Fsp3) is 0. The van der Waals surface area contributed by atoms with Crippen molar-refractivity contribution >= 4 is 53.1 Å². The second-order valence-corrected chi connectivity index (χ2v) is 6.65. The molecule has 0 aliphatic carbocycles. The molecule has 104 valence electrons. The van der Waals surface area contributed by atoms with Gasteiger partial charge in [-0.15, -0.1) is 11.3 Å². The molecule has 0 saturated carbocycles. The molecule has 1 aromatic heterocycles. The van der Waals surface area contributed by atoms with E-state index in [4.69, 9.17) is 0 Å². The van der Waals surface area contributed by atoms with Crippen LogP contribution in [-0.4, -0.2) is 0 Å². The van der Waals surface area contributed by atoms with Crippen LogP contribution in [0, 0.1) is 5.82 Å². The molecular formula is C20H11FS. The Morgan fingerprint density at radius 2 is 1.45 bits per heavy atom. The third-order valence-electron chi connectivity index (χ3n) is 4.32. The molecule has 5 rings (SSSR count). The highest BCUT2D eigenvalue weighted by Gasteiger charge is 2.10. The maximum atomic E-state index is 13.5. The van der Waals surface area contributed by atoms with Gasteiger partial charge in [-0.1, -0.05) is 42.5 Å². The molecule has 0 spiro atoms. The van der Waals surface area contributed by atoms with Gasteiger partial charge >= 0.3 is 0 Å². The Morgan fingerprint density at radius 3 is 2.41 bits per heavy atom. The van der Waals surface area contributed by atoms with E-state index in [0.29, 0.717) is 0 Å². The summed E-state index contributed by atoms with van der Waals surface area (Å²) in [6, 6.07) is 22.0. The molecular weight excluding hydrogens is 291 g/mol. The lowest BCUT2D eigenvalue weighted by Gasteiger charge is -2.06. The van der Waals surface area contributed by atoms with Gasteiger partial charge in [-0.2, -0.15) is 0 Å². The number of halogens is 1. The predicted octanol–water partition coefficient (Wildman–Crippen LogP) is 6.50. The summed E-state index contributed by atoms with van der Waals surface area (Å²) in [5.41, 5.74) is 0. The number of thiophene rings is 1. The minimum absolute atomic E-state index is 0.186. The Kier molecular flexibility index (Phi) is 2.36. The summed E-state index contributed by atoms with van der Waals surface area (Å²) in [4.78, 5) is 0. The van der Waals surface area contributed by atoms with Crippen LogP contribution in [0.5, 0.6) is 0 Å². The molecule has 0 aliphatic heterocycles. The van der Waals surface area contributed by atoms with E-state index in [1.165, 1.54) is 37.0 Å². The quantitative estimate of drug-likeness (QED) is 0.286. The van der Waals surface area contributed by atoms with Gasteiger partial charge in [-0.25, -0.2) is 4.39 Å². The van der Waals surface area contributed by atoms with E-state index in [2.05, 4.69) is 42.5 Å². The molecule has 0 atom stereocenters. The van der Waals surface area contributed by atoms with Crippen molar-refractivity contribution in [2.45, 2.75) is 0 Å². The summed E-state index contributed by atoms with van der Waals surface area (Å²) >= 11 is 1.82. The van der Waals surface area contributed by atoms with Gasteiger partial charge in [0.05, 0.1) is 0 Å². The monoisotopic (exact) mass is 302 g/mol. The standard InChI is InChI=1S/C20H11FS/c21-13-6-8-14-12(11-13)5-7-16-15(14)9-10-19-20(16)17-3-1-2-4-18(17)22-19/h1-11H. The Hall–Kier alpha value is -2.45. The SMILES string of the molecule is Fc1ccc2c(ccc3c2ccc2sc4ccccc4c23)c1. The van der Waals surface area contributed by atoms with Crippen LogP contribution in [0.15, 0.2) is 66.7 Å². The van der Waals surface area contributed by atoms with Gasteiger partial charge in [0.25, 0.3) is 0 Å². The van der Waals surface area contributed by atoms with Crippen LogP contribution in [-0.2, 0) is 0 Å². The second kappa shape index (κ2) is 4.28. The Morgan fingerprint density at radius 1 is 0.636 bits per heavy atom. The van der Waals surface area contributed by atoms with E-state index in [9.17, 15) is 4.39 Å². The van der Waals surface area contributed by atoms with Gasteiger partial charge in [0.2, 0.25) is 0 Å². The number of hydrogen-bond acceptors (Lipinski definition) is 1. The first-order valence-corrected chi connectivity index (χ1v) is 8.05. The molecule has 0 saturated heterocycles. The largest absolute Gasteiger partial charge is 0.207 e. The van der Waals surface area contributed by atoms with Crippen molar-refractivity contribution in [1.82, 2.24) is 0 Å². The zero-order chi connectivity index (χ0) is 14.7. The maximum absolute atomic E-state index is 13.5.